The highest BCUT2D eigenvalue weighted by Crippen LogP contribution is 2.17. The topological polar surface area (TPSA) is 60.1 Å². The van der Waals surface area contributed by atoms with E-state index in [4.69, 9.17) is 4.52 Å². The molecule has 0 radical (unpaired) electrons. The Morgan fingerprint density at radius 2 is 2.04 bits per heavy atom. The second-order valence-corrected chi connectivity index (χ2v) is 8.78. The Balaban J connectivity index is 1.41. The highest BCUT2D eigenvalue weighted by molar-refractivity contribution is 5.80. The van der Waals surface area contributed by atoms with Crippen LogP contribution in [0, 0.1) is 18.8 Å². The van der Waals surface area contributed by atoms with Crippen molar-refractivity contribution in [2.45, 2.75) is 40.2 Å². The van der Waals surface area contributed by atoms with Crippen LogP contribution in [-0.4, -0.2) is 85.2 Å². The van der Waals surface area contributed by atoms with Crippen molar-refractivity contribution in [3.05, 3.63) is 17.5 Å². The Morgan fingerprint density at radius 1 is 1.25 bits per heavy atom. The monoisotopic (exact) mass is 390 g/mol. The molecule has 158 valence electrons. The Kier molecular flexibility index (Phi) is 7.73. The summed E-state index contributed by atoms with van der Waals surface area (Å²) in [4.78, 5) is 12.0. The third-order valence-electron chi connectivity index (χ3n) is 5.72. The maximum absolute atomic E-state index is 5.18. The Hall–Kier alpha value is -1.60. The van der Waals surface area contributed by atoms with Crippen LogP contribution in [0.2, 0.25) is 0 Å². The van der Waals surface area contributed by atoms with Gasteiger partial charge in [0.25, 0.3) is 0 Å². The van der Waals surface area contributed by atoms with Crippen molar-refractivity contribution in [2.75, 3.05) is 59.4 Å². The summed E-state index contributed by atoms with van der Waals surface area (Å²) in [5.74, 6) is 3.41. The minimum Gasteiger partial charge on any atom is -0.361 e. The molecule has 1 atom stereocenters. The molecule has 7 heteroatoms. The lowest BCUT2D eigenvalue weighted by atomic mass is 9.97. The molecule has 2 fully saturated rings. The van der Waals surface area contributed by atoms with E-state index in [1.165, 1.54) is 32.5 Å². The van der Waals surface area contributed by atoms with Crippen LogP contribution >= 0.6 is 0 Å². The standard InChI is InChI=1S/C21H38N6O/c1-17(2)14-26-7-5-6-19(15-26)13-23-21(22-4)27-10-8-25(9-11-27)16-20-12-18(3)28-24-20/h12,17,19H,5-11,13-16H2,1-4H3,(H,22,23). The summed E-state index contributed by atoms with van der Waals surface area (Å²) in [6, 6.07) is 2.03. The zero-order valence-electron chi connectivity index (χ0n) is 18.2. The molecular weight excluding hydrogens is 352 g/mol. The quantitative estimate of drug-likeness (QED) is 0.593. The first-order valence-corrected chi connectivity index (χ1v) is 10.9. The lowest BCUT2D eigenvalue weighted by Crippen LogP contribution is -2.53. The molecule has 1 aromatic rings. The first-order valence-electron chi connectivity index (χ1n) is 10.9. The molecule has 7 nitrogen and oxygen atoms in total. The van der Waals surface area contributed by atoms with Crippen LogP contribution in [0.4, 0.5) is 0 Å². The van der Waals surface area contributed by atoms with Crippen LogP contribution in [0.5, 0.6) is 0 Å². The smallest absolute Gasteiger partial charge is 0.193 e. The van der Waals surface area contributed by atoms with Gasteiger partial charge < -0.3 is 19.6 Å². The predicted octanol–water partition coefficient (Wildman–Crippen LogP) is 2.04. The van der Waals surface area contributed by atoms with Crippen molar-refractivity contribution >= 4 is 5.96 Å². The van der Waals surface area contributed by atoms with E-state index in [0.29, 0.717) is 0 Å². The van der Waals surface area contributed by atoms with Gasteiger partial charge in [0.1, 0.15) is 5.76 Å². The van der Waals surface area contributed by atoms with Crippen LogP contribution in [-0.2, 0) is 6.54 Å². The molecular formula is C21H38N6O. The molecule has 1 unspecified atom stereocenters. The third kappa shape index (κ3) is 6.21. The molecule has 1 aromatic heterocycles. The number of likely N-dealkylation sites (tertiary alicyclic amines) is 1. The van der Waals surface area contributed by atoms with Crippen LogP contribution in [0.25, 0.3) is 0 Å². The van der Waals surface area contributed by atoms with E-state index in [1.54, 1.807) is 0 Å². The lowest BCUT2D eigenvalue weighted by Gasteiger charge is -2.37. The first kappa shape index (κ1) is 21.1. The summed E-state index contributed by atoms with van der Waals surface area (Å²) in [6.45, 7) is 16.2. The first-order chi connectivity index (χ1) is 13.5. The average molecular weight is 391 g/mol. The van der Waals surface area contributed by atoms with E-state index in [2.05, 4.69) is 44.0 Å². The summed E-state index contributed by atoms with van der Waals surface area (Å²) in [5.41, 5.74) is 1.02. The van der Waals surface area contributed by atoms with Crippen LogP contribution in [0.1, 0.15) is 38.1 Å². The van der Waals surface area contributed by atoms with Crippen molar-refractivity contribution in [3.8, 4) is 0 Å². The number of guanidine groups is 1. The zero-order chi connectivity index (χ0) is 19.9. The number of hydrogen-bond acceptors (Lipinski definition) is 5. The Labute approximate surface area is 170 Å². The van der Waals surface area contributed by atoms with E-state index in [0.717, 1.165) is 68.5 Å². The molecule has 2 aliphatic heterocycles. The van der Waals surface area contributed by atoms with E-state index >= 15 is 0 Å². The molecule has 2 aliphatic rings. The van der Waals surface area contributed by atoms with Gasteiger partial charge >= 0.3 is 0 Å². The maximum Gasteiger partial charge on any atom is 0.193 e. The molecule has 1 N–H and O–H groups in total. The van der Waals surface area contributed by atoms with Gasteiger partial charge in [-0.05, 0) is 38.1 Å². The van der Waals surface area contributed by atoms with Crippen LogP contribution < -0.4 is 5.32 Å². The summed E-state index contributed by atoms with van der Waals surface area (Å²) >= 11 is 0. The van der Waals surface area contributed by atoms with Gasteiger partial charge in [-0.2, -0.15) is 0 Å². The van der Waals surface area contributed by atoms with E-state index in [9.17, 15) is 0 Å². The van der Waals surface area contributed by atoms with Gasteiger partial charge in [-0.25, -0.2) is 0 Å². The molecule has 2 saturated heterocycles. The molecule has 3 rings (SSSR count). The van der Waals surface area contributed by atoms with E-state index in [1.807, 2.05) is 20.0 Å². The predicted molar refractivity (Wildman–Crippen MR) is 113 cm³/mol. The van der Waals surface area contributed by atoms with Crippen molar-refractivity contribution < 1.29 is 4.52 Å². The minimum absolute atomic E-state index is 0.723. The summed E-state index contributed by atoms with van der Waals surface area (Å²) in [5, 5.41) is 7.77. The van der Waals surface area contributed by atoms with Gasteiger partial charge in [0.05, 0.1) is 5.69 Å². The molecule has 0 spiro atoms. The molecule has 0 saturated carbocycles. The summed E-state index contributed by atoms with van der Waals surface area (Å²) < 4.78 is 5.18. The highest BCUT2D eigenvalue weighted by Gasteiger charge is 2.23. The fourth-order valence-electron chi connectivity index (χ4n) is 4.41. The number of aromatic nitrogens is 1. The number of rotatable bonds is 6. The number of aliphatic imine (C=N–C) groups is 1. The van der Waals surface area contributed by atoms with Gasteiger partial charge in [0.2, 0.25) is 0 Å². The van der Waals surface area contributed by atoms with Gasteiger partial charge in [0.15, 0.2) is 5.96 Å². The van der Waals surface area contributed by atoms with Crippen LogP contribution in [0.15, 0.2) is 15.6 Å². The Bertz CT molecular complexity index is 620. The lowest BCUT2D eigenvalue weighted by molar-refractivity contribution is 0.155. The minimum atomic E-state index is 0.723. The SMILES string of the molecule is CN=C(NCC1CCCN(CC(C)C)C1)N1CCN(Cc2cc(C)on2)CC1. The summed E-state index contributed by atoms with van der Waals surface area (Å²) in [7, 11) is 1.90. The molecule has 0 bridgehead atoms. The number of aryl methyl sites for hydroxylation is 1. The second-order valence-electron chi connectivity index (χ2n) is 8.78. The average Bonchev–Trinajstić information content (AvgIpc) is 3.08. The maximum atomic E-state index is 5.18. The number of nitrogens with zero attached hydrogens (tertiary/aromatic N) is 5. The van der Waals surface area contributed by atoms with Crippen molar-refractivity contribution in [1.29, 1.82) is 0 Å². The molecule has 0 aromatic carbocycles. The van der Waals surface area contributed by atoms with E-state index < -0.39 is 0 Å². The fraction of sp³-hybridized carbons (Fsp3) is 0.810. The number of piperidine rings is 1. The van der Waals surface area contributed by atoms with Gasteiger partial charge in [-0.15, -0.1) is 0 Å². The highest BCUT2D eigenvalue weighted by atomic mass is 16.5. The third-order valence-corrected chi connectivity index (χ3v) is 5.72. The van der Waals surface area contributed by atoms with E-state index in [-0.39, 0.29) is 0 Å². The number of hydrogen-bond donors (Lipinski definition) is 1. The molecule has 0 amide bonds. The van der Waals surface area contributed by atoms with Gasteiger partial charge in [0, 0.05) is 65.5 Å². The van der Waals surface area contributed by atoms with Crippen molar-refractivity contribution in [1.82, 2.24) is 25.2 Å². The van der Waals surface area contributed by atoms with Crippen molar-refractivity contribution in [2.24, 2.45) is 16.8 Å². The molecule has 3 heterocycles. The zero-order valence-corrected chi connectivity index (χ0v) is 18.2. The second kappa shape index (κ2) is 10.3. The molecule has 0 aliphatic carbocycles. The number of piperazine rings is 1. The normalized spacial score (nSPS) is 22.8. The fourth-order valence-corrected chi connectivity index (χ4v) is 4.41. The van der Waals surface area contributed by atoms with Crippen molar-refractivity contribution in [3.63, 3.8) is 0 Å². The van der Waals surface area contributed by atoms with Crippen LogP contribution in [0.3, 0.4) is 0 Å². The van der Waals surface area contributed by atoms with Gasteiger partial charge in [-0.1, -0.05) is 19.0 Å². The largest absolute Gasteiger partial charge is 0.361 e. The molecule has 28 heavy (non-hydrogen) atoms. The summed E-state index contributed by atoms with van der Waals surface area (Å²) in [6.07, 6.45) is 2.64. The Morgan fingerprint density at radius 3 is 2.68 bits per heavy atom. The number of nitrogens with one attached hydrogen (secondary N) is 1. The van der Waals surface area contributed by atoms with Gasteiger partial charge in [-0.3, -0.25) is 9.89 Å².